The molecule has 0 aromatic heterocycles. The molecule has 0 spiro atoms. The smallest absolute Gasteiger partial charge is 0.433 e. The summed E-state index contributed by atoms with van der Waals surface area (Å²) in [6, 6.07) is 0. The van der Waals surface area contributed by atoms with Gasteiger partial charge in [-0.1, -0.05) is 13.8 Å². The third kappa shape index (κ3) is 3.14. The lowest BCUT2D eigenvalue weighted by Gasteiger charge is -2.02. The molecule has 1 amide bonds. The highest BCUT2D eigenvalue weighted by Gasteiger charge is 2.15. The highest BCUT2D eigenvalue weighted by molar-refractivity contribution is 6.37. The molecular weight excluding hydrogens is 162 g/mol. The fraction of sp³-hybridized carbons (Fsp3) is 0.571. The maximum atomic E-state index is 10.6. The number of methoxy groups -OCH3 is 1. The molecule has 0 fully saturated rings. The lowest BCUT2D eigenvalue weighted by atomic mass is 10.1. The second-order valence-electron chi connectivity index (χ2n) is 2.43. The van der Waals surface area contributed by atoms with Gasteiger partial charge in [0.25, 0.3) is 0 Å². The van der Waals surface area contributed by atoms with Crippen LogP contribution in [0.15, 0.2) is 4.99 Å². The predicted molar refractivity (Wildman–Crippen MR) is 42.3 cm³/mol. The third-order valence-corrected chi connectivity index (χ3v) is 1.15. The van der Waals surface area contributed by atoms with E-state index in [1.165, 1.54) is 0 Å². The van der Waals surface area contributed by atoms with E-state index in [0.29, 0.717) is 0 Å². The molecule has 0 aliphatic heterocycles. The van der Waals surface area contributed by atoms with Gasteiger partial charge in [0.15, 0.2) is 0 Å². The first-order valence-corrected chi connectivity index (χ1v) is 3.38. The summed E-state index contributed by atoms with van der Waals surface area (Å²) in [7, 11) is 1.14. The summed E-state index contributed by atoms with van der Waals surface area (Å²) in [4.78, 5) is 24.3. The Morgan fingerprint density at radius 2 is 1.92 bits per heavy atom. The number of aliphatic imine (C=N–C) groups is 1. The predicted octanol–water partition coefficient (Wildman–Crippen LogP) is 0.934. The molecule has 0 rings (SSSR count). The van der Waals surface area contributed by atoms with E-state index in [1.54, 1.807) is 13.8 Å². The Morgan fingerprint density at radius 3 is 2.17 bits per heavy atom. The van der Waals surface area contributed by atoms with Crippen LogP contribution in [0.25, 0.3) is 0 Å². The van der Waals surface area contributed by atoms with E-state index in [2.05, 4.69) is 9.73 Å². The topological polar surface area (TPSA) is 76.0 Å². The van der Waals surface area contributed by atoms with Crippen LogP contribution in [0, 0.1) is 5.92 Å². The summed E-state index contributed by atoms with van der Waals surface area (Å²) in [5, 5.41) is 8.55. The second-order valence-corrected chi connectivity index (χ2v) is 2.43. The van der Waals surface area contributed by atoms with Crippen LogP contribution in [0.3, 0.4) is 0 Å². The summed E-state index contributed by atoms with van der Waals surface area (Å²) in [6.07, 6.45) is -0.888. The fourth-order valence-electron chi connectivity index (χ4n) is 0.568. The minimum atomic E-state index is -1.20. The number of rotatable bonds is 2. The lowest BCUT2D eigenvalue weighted by Crippen LogP contribution is -2.21. The number of ether oxygens (including phenoxy) is 1. The Kier molecular flexibility index (Phi) is 3.96. The number of carbonyl (C=O) groups is 2. The first kappa shape index (κ1) is 10.6. The van der Waals surface area contributed by atoms with Gasteiger partial charge in [-0.3, -0.25) is 0 Å². The molecule has 68 valence electrons. The van der Waals surface area contributed by atoms with Crippen molar-refractivity contribution in [1.29, 1.82) is 0 Å². The standard InChI is InChI=1S/C7H11NO4/c1-4(2)5(6(9)10)8-7(11)12-3/h4H,1-3H3,(H,9,10). The van der Waals surface area contributed by atoms with Gasteiger partial charge in [-0.2, -0.15) is 4.99 Å². The summed E-state index contributed by atoms with van der Waals surface area (Å²) >= 11 is 0. The number of aliphatic carboxylic acids is 1. The number of carboxylic acids is 1. The van der Waals surface area contributed by atoms with Crippen LogP contribution in [-0.4, -0.2) is 30.0 Å². The zero-order valence-electron chi connectivity index (χ0n) is 7.20. The van der Waals surface area contributed by atoms with E-state index in [1.807, 2.05) is 0 Å². The van der Waals surface area contributed by atoms with Gasteiger partial charge in [0.2, 0.25) is 0 Å². The highest BCUT2D eigenvalue weighted by Crippen LogP contribution is 1.98. The van der Waals surface area contributed by atoms with Gasteiger partial charge in [-0.15, -0.1) is 0 Å². The van der Waals surface area contributed by atoms with Gasteiger partial charge in [0.05, 0.1) is 7.11 Å². The van der Waals surface area contributed by atoms with E-state index in [0.717, 1.165) is 7.11 Å². The van der Waals surface area contributed by atoms with E-state index in [4.69, 9.17) is 5.11 Å². The molecular formula is C7H11NO4. The van der Waals surface area contributed by atoms with Crippen LogP contribution in [0.5, 0.6) is 0 Å². The summed E-state index contributed by atoms with van der Waals surface area (Å²) in [6.45, 7) is 3.27. The van der Waals surface area contributed by atoms with E-state index < -0.39 is 12.1 Å². The Labute approximate surface area is 70.1 Å². The number of carbonyl (C=O) groups excluding carboxylic acids is 1. The van der Waals surface area contributed by atoms with E-state index in [-0.39, 0.29) is 11.6 Å². The molecule has 0 bridgehead atoms. The van der Waals surface area contributed by atoms with Crippen molar-refractivity contribution < 1.29 is 19.4 Å². The summed E-state index contributed by atoms with van der Waals surface area (Å²) < 4.78 is 4.19. The summed E-state index contributed by atoms with van der Waals surface area (Å²) in [5.74, 6) is -1.50. The van der Waals surface area contributed by atoms with Crippen molar-refractivity contribution in [2.45, 2.75) is 13.8 Å². The molecule has 0 unspecified atom stereocenters. The zero-order chi connectivity index (χ0) is 9.72. The minimum Gasteiger partial charge on any atom is -0.477 e. The van der Waals surface area contributed by atoms with Crippen molar-refractivity contribution in [2.24, 2.45) is 10.9 Å². The lowest BCUT2D eigenvalue weighted by molar-refractivity contribution is -0.129. The molecule has 12 heavy (non-hydrogen) atoms. The fourth-order valence-corrected chi connectivity index (χ4v) is 0.568. The van der Waals surface area contributed by atoms with Gasteiger partial charge < -0.3 is 9.84 Å². The molecule has 0 heterocycles. The van der Waals surface area contributed by atoms with Gasteiger partial charge in [-0.25, -0.2) is 9.59 Å². The quantitative estimate of drug-likeness (QED) is 0.630. The number of hydrogen-bond donors (Lipinski definition) is 1. The number of amides is 1. The number of nitrogens with zero attached hydrogens (tertiary/aromatic N) is 1. The molecule has 0 saturated heterocycles. The van der Waals surface area contributed by atoms with Crippen LogP contribution in [0.2, 0.25) is 0 Å². The average Bonchev–Trinajstić information content (AvgIpc) is 1.98. The molecule has 0 aliphatic carbocycles. The molecule has 5 heteroatoms. The largest absolute Gasteiger partial charge is 0.477 e. The number of carboxylic acid groups (broad SMARTS) is 1. The normalized spacial score (nSPS) is 11.5. The van der Waals surface area contributed by atoms with Gasteiger partial charge in [-0.05, 0) is 0 Å². The van der Waals surface area contributed by atoms with Crippen molar-refractivity contribution in [3.8, 4) is 0 Å². The van der Waals surface area contributed by atoms with E-state index in [9.17, 15) is 9.59 Å². The molecule has 0 aliphatic rings. The van der Waals surface area contributed by atoms with Crippen LogP contribution < -0.4 is 0 Å². The maximum absolute atomic E-state index is 10.6. The molecule has 0 atom stereocenters. The third-order valence-electron chi connectivity index (χ3n) is 1.15. The molecule has 0 radical (unpaired) electrons. The van der Waals surface area contributed by atoms with Gasteiger partial charge >= 0.3 is 12.1 Å². The minimum absolute atomic E-state index is 0.193. The Morgan fingerprint density at radius 1 is 1.42 bits per heavy atom. The first-order chi connectivity index (χ1) is 5.49. The van der Waals surface area contributed by atoms with Gasteiger partial charge in [0.1, 0.15) is 5.71 Å². The Balaban J connectivity index is 4.61. The first-order valence-electron chi connectivity index (χ1n) is 3.38. The van der Waals surface area contributed by atoms with Crippen molar-refractivity contribution in [1.82, 2.24) is 0 Å². The van der Waals surface area contributed by atoms with Gasteiger partial charge in [0, 0.05) is 5.92 Å². The van der Waals surface area contributed by atoms with Crippen LogP contribution in [-0.2, 0) is 9.53 Å². The van der Waals surface area contributed by atoms with Crippen LogP contribution in [0.1, 0.15) is 13.8 Å². The Bertz CT molecular complexity index is 219. The molecule has 0 aromatic rings. The second kappa shape index (κ2) is 4.48. The maximum Gasteiger partial charge on any atom is 0.433 e. The number of hydrogen-bond acceptors (Lipinski definition) is 3. The van der Waals surface area contributed by atoms with Crippen molar-refractivity contribution in [2.75, 3.05) is 7.11 Å². The molecule has 1 N–H and O–H groups in total. The van der Waals surface area contributed by atoms with Crippen molar-refractivity contribution in [3.05, 3.63) is 0 Å². The molecule has 5 nitrogen and oxygen atoms in total. The molecule has 0 saturated carbocycles. The monoisotopic (exact) mass is 173 g/mol. The summed E-state index contributed by atoms with van der Waals surface area (Å²) in [5.41, 5.74) is -0.193. The Hall–Kier alpha value is -1.39. The highest BCUT2D eigenvalue weighted by atomic mass is 16.5. The van der Waals surface area contributed by atoms with E-state index >= 15 is 0 Å². The molecule has 0 aromatic carbocycles. The zero-order valence-corrected chi connectivity index (χ0v) is 7.20. The van der Waals surface area contributed by atoms with Crippen molar-refractivity contribution in [3.63, 3.8) is 0 Å². The van der Waals surface area contributed by atoms with Crippen molar-refractivity contribution >= 4 is 17.8 Å². The van der Waals surface area contributed by atoms with Crippen LogP contribution in [0.4, 0.5) is 4.79 Å². The average molecular weight is 173 g/mol. The SMILES string of the molecule is COC(=O)N=C(C(=O)O)C(C)C. The van der Waals surface area contributed by atoms with Crippen LogP contribution >= 0.6 is 0 Å².